The lowest BCUT2D eigenvalue weighted by molar-refractivity contribution is -0.134. The van der Waals surface area contributed by atoms with Crippen LogP contribution in [0.2, 0.25) is 0 Å². The van der Waals surface area contributed by atoms with Gasteiger partial charge >= 0.3 is 5.97 Å². The van der Waals surface area contributed by atoms with E-state index >= 15 is 0 Å². The maximum Gasteiger partial charge on any atom is 0.330 e. The van der Waals surface area contributed by atoms with Crippen molar-refractivity contribution in [3.05, 3.63) is 41.5 Å². The van der Waals surface area contributed by atoms with Crippen molar-refractivity contribution in [2.45, 2.75) is 19.3 Å². The first kappa shape index (κ1) is 15.8. The lowest BCUT2D eigenvalue weighted by atomic mass is 10.00. The number of hydrogen-bond donors (Lipinski definition) is 2. The van der Waals surface area contributed by atoms with Crippen molar-refractivity contribution in [3.63, 3.8) is 0 Å². The molecule has 1 aliphatic heterocycles. The highest BCUT2D eigenvalue weighted by Crippen LogP contribution is 2.23. The predicted octanol–water partition coefficient (Wildman–Crippen LogP) is 1.42. The third-order valence-electron chi connectivity index (χ3n) is 3.31. The van der Waals surface area contributed by atoms with Gasteiger partial charge in [0, 0.05) is 30.3 Å². The van der Waals surface area contributed by atoms with Crippen molar-refractivity contribution in [3.8, 4) is 0 Å². The van der Waals surface area contributed by atoms with Crippen LogP contribution in [0.3, 0.4) is 0 Å². The van der Waals surface area contributed by atoms with Crippen molar-refractivity contribution < 1.29 is 19.1 Å². The van der Waals surface area contributed by atoms with E-state index in [0.29, 0.717) is 31.4 Å². The average molecular weight is 302 g/mol. The molecule has 0 atom stereocenters. The summed E-state index contributed by atoms with van der Waals surface area (Å²) in [6, 6.07) is 5.23. The molecule has 1 aliphatic rings. The molecule has 0 radical (unpaired) electrons. The SMILES string of the molecule is COC(=O)/C=C/CCNC(=O)c1ccc2c(c1)CCC(=O)N2. The zero-order chi connectivity index (χ0) is 15.9. The van der Waals surface area contributed by atoms with Gasteiger partial charge in [0.1, 0.15) is 0 Å². The van der Waals surface area contributed by atoms with E-state index in [1.54, 1.807) is 24.3 Å². The quantitative estimate of drug-likeness (QED) is 0.489. The van der Waals surface area contributed by atoms with E-state index in [0.717, 1.165) is 11.3 Å². The summed E-state index contributed by atoms with van der Waals surface area (Å²) in [5, 5.41) is 5.56. The number of ether oxygens (including phenoxy) is 1. The molecule has 1 aromatic rings. The number of carbonyl (C=O) groups excluding carboxylic acids is 3. The number of rotatable bonds is 5. The molecule has 0 aliphatic carbocycles. The van der Waals surface area contributed by atoms with Crippen LogP contribution in [0, 0.1) is 0 Å². The smallest absolute Gasteiger partial charge is 0.330 e. The number of methoxy groups -OCH3 is 1. The van der Waals surface area contributed by atoms with Crippen LogP contribution >= 0.6 is 0 Å². The van der Waals surface area contributed by atoms with Crippen LogP contribution in [0.25, 0.3) is 0 Å². The number of benzene rings is 1. The number of nitrogens with one attached hydrogen (secondary N) is 2. The van der Waals surface area contributed by atoms with Crippen molar-refractivity contribution in [2.24, 2.45) is 0 Å². The molecule has 1 heterocycles. The maximum absolute atomic E-state index is 12.0. The zero-order valence-corrected chi connectivity index (χ0v) is 12.3. The second-order valence-electron chi connectivity index (χ2n) is 4.89. The molecule has 0 saturated carbocycles. The molecule has 2 N–H and O–H groups in total. The van der Waals surface area contributed by atoms with Crippen LogP contribution in [0.1, 0.15) is 28.8 Å². The molecule has 6 heteroatoms. The Morgan fingerprint density at radius 3 is 2.95 bits per heavy atom. The molecule has 0 aromatic heterocycles. The summed E-state index contributed by atoms with van der Waals surface area (Å²) in [6.45, 7) is 0.431. The number of anilines is 1. The standard InChI is InChI=1S/C16H18N2O4/c1-22-15(20)4-2-3-9-17-16(21)12-5-7-13-11(10-12)6-8-14(19)18-13/h2,4-5,7,10H,3,6,8-9H2,1H3,(H,17,21)(H,18,19)/b4-2+. The van der Waals surface area contributed by atoms with E-state index < -0.39 is 5.97 Å². The van der Waals surface area contributed by atoms with Gasteiger partial charge in [-0.05, 0) is 36.6 Å². The van der Waals surface area contributed by atoms with Crippen LogP contribution in [0.15, 0.2) is 30.4 Å². The highest BCUT2D eigenvalue weighted by atomic mass is 16.5. The van der Waals surface area contributed by atoms with Crippen LogP contribution < -0.4 is 10.6 Å². The van der Waals surface area contributed by atoms with Crippen molar-refractivity contribution >= 4 is 23.5 Å². The minimum Gasteiger partial charge on any atom is -0.466 e. The van der Waals surface area contributed by atoms with Gasteiger partial charge in [-0.15, -0.1) is 0 Å². The Morgan fingerprint density at radius 1 is 1.36 bits per heavy atom. The highest BCUT2D eigenvalue weighted by Gasteiger charge is 2.16. The van der Waals surface area contributed by atoms with Crippen molar-refractivity contribution in [1.29, 1.82) is 0 Å². The van der Waals surface area contributed by atoms with Gasteiger partial charge in [0.05, 0.1) is 7.11 Å². The fourth-order valence-corrected chi connectivity index (χ4v) is 2.14. The molecule has 0 saturated heterocycles. The Kier molecular flexibility index (Phi) is 5.30. The molecule has 0 spiro atoms. The van der Waals surface area contributed by atoms with Crippen LogP contribution in [-0.2, 0) is 20.7 Å². The Balaban J connectivity index is 1.87. The maximum atomic E-state index is 12.0. The Hall–Kier alpha value is -2.63. The molecule has 6 nitrogen and oxygen atoms in total. The molecular weight excluding hydrogens is 284 g/mol. The summed E-state index contributed by atoms with van der Waals surface area (Å²) < 4.78 is 4.46. The largest absolute Gasteiger partial charge is 0.466 e. The summed E-state index contributed by atoms with van der Waals surface area (Å²) in [7, 11) is 1.31. The molecule has 0 unspecified atom stereocenters. The minimum atomic E-state index is -0.414. The lowest BCUT2D eigenvalue weighted by Gasteiger charge is -2.17. The average Bonchev–Trinajstić information content (AvgIpc) is 2.53. The Bertz CT molecular complexity index is 623. The monoisotopic (exact) mass is 302 g/mol. The molecular formula is C16H18N2O4. The summed E-state index contributed by atoms with van der Waals surface area (Å²) in [5.74, 6) is -0.587. The van der Waals surface area contributed by atoms with Gasteiger partial charge in [-0.2, -0.15) is 0 Å². The second kappa shape index (κ2) is 7.40. The van der Waals surface area contributed by atoms with Crippen molar-refractivity contribution in [1.82, 2.24) is 5.32 Å². The zero-order valence-electron chi connectivity index (χ0n) is 12.3. The van der Waals surface area contributed by atoms with E-state index in [1.165, 1.54) is 13.2 Å². The van der Waals surface area contributed by atoms with Gasteiger partial charge in [0.25, 0.3) is 5.91 Å². The van der Waals surface area contributed by atoms with E-state index in [2.05, 4.69) is 15.4 Å². The molecule has 0 fully saturated rings. The van der Waals surface area contributed by atoms with Crippen LogP contribution in [-0.4, -0.2) is 31.4 Å². The van der Waals surface area contributed by atoms with E-state index in [4.69, 9.17) is 0 Å². The topological polar surface area (TPSA) is 84.5 Å². The van der Waals surface area contributed by atoms with Gasteiger partial charge in [-0.25, -0.2) is 4.79 Å². The molecule has 0 bridgehead atoms. The summed E-state index contributed by atoms with van der Waals surface area (Å²) >= 11 is 0. The molecule has 22 heavy (non-hydrogen) atoms. The first-order chi connectivity index (χ1) is 10.6. The van der Waals surface area contributed by atoms with Crippen LogP contribution in [0.4, 0.5) is 5.69 Å². The predicted molar refractivity (Wildman–Crippen MR) is 81.5 cm³/mol. The van der Waals surface area contributed by atoms with E-state index in [9.17, 15) is 14.4 Å². The lowest BCUT2D eigenvalue weighted by Crippen LogP contribution is -2.25. The Morgan fingerprint density at radius 2 is 2.18 bits per heavy atom. The minimum absolute atomic E-state index is 0.00194. The van der Waals surface area contributed by atoms with Crippen LogP contribution in [0.5, 0.6) is 0 Å². The number of carbonyl (C=O) groups is 3. The van der Waals surface area contributed by atoms with Crippen molar-refractivity contribution in [2.75, 3.05) is 19.0 Å². The van der Waals surface area contributed by atoms with Gasteiger partial charge in [-0.3, -0.25) is 9.59 Å². The van der Waals surface area contributed by atoms with Gasteiger partial charge < -0.3 is 15.4 Å². The Labute approximate surface area is 128 Å². The molecule has 1 aromatic carbocycles. The summed E-state index contributed by atoms with van der Waals surface area (Å²) in [6.07, 6.45) is 4.60. The number of fused-ring (bicyclic) bond motifs is 1. The van der Waals surface area contributed by atoms with Gasteiger partial charge in [0.2, 0.25) is 5.91 Å². The molecule has 116 valence electrons. The van der Waals surface area contributed by atoms with Gasteiger partial charge in [-0.1, -0.05) is 6.08 Å². The summed E-state index contributed by atoms with van der Waals surface area (Å²) in [5.41, 5.74) is 2.30. The third kappa shape index (κ3) is 4.18. The first-order valence-electron chi connectivity index (χ1n) is 7.05. The normalized spacial score (nSPS) is 13.4. The third-order valence-corrected chi connectivity index (χ3v) is 3.31. The van der Waals surface area contributed by atoms with E-state index in [1.807, 2.05) is 0 Å². The second-order valence-corrected chi connectivity index (χ2v) is 4.89. The number of amides is 2. The highest BCUT2D eigenvalue weighted by molar-refractivity contribution is 5.97. The number of aryl methyl sites for hydroxylation is 1. The summed E-state index contributed by atoms with van der Waals surface area (Å²) in [4.78, 5) is 34.2. The fourth-order valence-electron chi connectivity index (χ4n) is 2.14. The number of esters is 1. The molecule has 2 amide bonds. The fraction of sp³-hybridized carbons (Fsp3) is 0.312. The van der Waals surface area contributed by atoms with E-state index in [-0.39, 0.29) is 11.8 Å². The van der Waals surface area contributed by atoms with Gasteiger partial charge in [0.15, 0.2) is 0 Å². The number of hydrogen-bond acceptors (Lipinski definition) is 4. The molecule has 2 rings (SSSR count). The first-order valence-corrected chi connectivity index (χ1v) is 7.05.